The van der Waals surface area contributed by atoms with E-state index in [2.05, 4.69) is 11.4 Å². The summed E-state index contributed by atoms with van der Waals surface area (Å²) < 4.78 is 5.26. The van der Waals surface area contributed by atoms with Gasteiger partial charge in [0.15, 0.2) is 6.10 Å². The summed E-state index contributed by atoms with van der Waals surface area (Å²) in [7, 11) is 0. The van der Waals surface area contributed by atoms with Crippen molar-refractivity contribution in [1.82, 2.24) is 5.32 Å². The Bertz CT molecular complexity index is 685. The molecule has 1 fully saturated rings. The van der Waals surface area contributed by atoms with E-state index in [1.54, 1.807) is 6.92 Å². The second kappa shape index (κ2) is 8.15. The van der Waals surface area contributed by atoms with Gasteiger partial charge in [-0.1, -0.05) is 37.5 Å². The molecule has 1 atom stereocenters. The van der Waals surface area contributed by atoms with Crippen LogP contribution < -0.4 is 5.32 Å². The molecule has 0 spiro atoms. The summed E-state index contributed by atoms with van der Waals surface area (Å²) in [5, 5.41) is 12.2. The lowest BCUT2D eigenvalue weighted by Gasteiger charge is -2.32. The number of aryl methyl sites for hydroxylation is 2. The number of nitrogens with zero attached hydrogens (tertiary/aromatic N) is 1. The largest absolute Gasteiger partial charge is 0.452 e. The zero-order valence-corrected chi connectivity index (χ0v) is 15.2. The van der Waals surface area contributed by atoms with Gasteiger partial charge < -0.3 is 10.1 Å². The highest BCUT2D eigenvalue weighted by atomic mass is 16.5. The van der Waals surface area contributed by atoms with Crippen molar-refractivity contribution in [3.8, 4) is 6.07 Å². The average Bonchev–Trinajstić information content (AvgIpc) is 2.58. The van der Waals surface area contributed by atoms with Gasteiger partial charge in [0.2, 0.25) is 0 Å². The first kappa shape index (κ1) is 19.0. The molecule has 1 saturated carbocycles. The number of hydrogen-bond donors (Lipinski definition) is 1. The summed E-state index contributed by atoms with van der Waals surface area (Å²) in [6, 6.07) is 8.04. The molecule has 0 aromatic heterocycles. The molecule has 1 aliphatic carbocycles. The van der Waals surface area contributed by atoms with Crippen LogP contribution in [0, 0.1) is 25.2 Å². The minimum atomic E-state index is -0.911. The fraction of sp³-hybridized carbons (Fsp3) is 0.550. The van der Waals surface area contributed by atoms with Gasteiger partial charge in [-0.15, -0.1) is 0 Å². The normalized spacial score (nSPS) is 17.2. The number of amides is 1. The molecule has 0 heterocycles. The fourth-order valence-corrected chi connectivity index (χ4v) is 3.13. The van der Waals surface area contributed by atoms with Gasteiger partial charge in [0, 0.05) is 0 Å². The van der Waals surface area contributed by atoms with Crippen molar-refractivity contribution in [2.75, 3.05) is 0 Å². The molecule has 134 valence electrons. The van der Waals surface area contributed by atoms with Crippen LogP contribution >= 0.6 is 0 Å². The molecule has 1 aromatic carbocycles. The van der Waals surface area contributed by atoms with E-state index < -0.39 is 23.5 Å². The van der Waals surface area contributed by atoms with Gasteiger partial charge in [-0.2, -0.15) is 5.26 Å². The molecule has 0 aliphatic heterocycles. The van der Waals surface area contributed by atoms with E-state index in [-0.39, 0.29) is 6.42 Å². The van der Waals surface area contributed by atoms with Crippen LogP contribution in [0.2, 0.25) is 0 Å². The van der Waals surface area contributed by atoms with Gasteiger partial charge in [-0.05, 0) is 50.3 Å². The fourth-order valence-electron chi connectivity index (χ4n) is 3.13. The topological polar surface area (TPSA) is 79.2 Å². The number of nitriles is 1. The Kier molecular flexibility index (Phi) is 6.19. The molecule has 5 nitrogen and oxygen atoms in total. The first-order valence-electron chi connectivity index (χ1n) is 8.84. The molecule has 25 heavy (non-hydrogen) atoms. The maximum atomic E-state index is 12.3. The molecule has 5 heteroatoms. The second-order valence-electron chi connectivity index (χ2n) is 6.97. The number of carbonyl (C=O) groups is 2. The van der Waals surface area contributed by atoms with Gasteiger partial charge in [0.1, 0.15) is 5.54 Å². The summed E-state index contributed by atoms with van der Waals surface area (Å²) >= 11 is 0. The summed E-state index contributed by atoms with van der Waals surface area (Å²) in [5.74, 6) is -0.850. The highest BCUT2D eigenvalue weighted by Gasteiger charge is 2.35. The van der Waals surface area contributed by atoms with Gasteiger partial charge >= 0.3 is 5.97 Å². The van der Waals surface area contributed by atoms with Crippen LogP contribution in [0.25, 0.3) is 0 Å². The van der Waals surface area contributed by atoms with Crippen LogP contribution in [0.15, 0.2) is 18.2 Å². The molecule has 0 saturated heterocycles. The minimum absolute atomic E-state index is 0.127. The quantitative estimate of drug-likeness (QED) is 0.834. The van der Waals surface area contributed by atoms with E-state index in [9.17, 15) is 14.9 Å². The molecule has 1 aliphatic rings. The molecule has 0 bridgehead atoms. The van der Waals surface area contributed by atoms with Crippen molar-refractivity contribution >= 4 is 11.9 Å². The van der Waals surface area contributed by atoms with E-state index in [0.29, 0.717) is 12.8 Å². The van der Waals surface area contributed by atoms with Crippen LogP contribution in [0.4, 0.5) is 0 Å². The van der Waals surface area contributed by atoms with Crippen LogP contribution in [-0.2, 0) is 20.7 Å². The predicted molar refractivity (Wildman–Crippen MR) is 94.7 cm³/mol. The Morgan fingerprint density at radius 3 is 2.52 bits per heavy atom. The van der Waals surface area contributed by atoms with E-state index >= 15 is 0 Å². The molecular formula is C20H26N2O3. The van der Waals surface area contributed by atoms with Gasteiger partial charge in [0.05, 0.1) is 12.5 Å². The molecule has 2 rings (SSSR count). The van der Waals surface area contributed by atoms with E-state index in [1.807, 2.05) is 32.0 Å². The third-order valence-electron chi connectivity index (χ3n) is 4.88. The SMILES string of the molecule is Cc1ccc(CC(=O)O[C@H](C)C(=O)NC2(C#N)CCCCC2)cc1C. The van der Waals surface area contributed by atoms with Gasteiger partial charge in [-0.3, -0.25) is 9.59 Å². The van der Waals surface area contributed by atoms with Crippen LogP contribution in [-0.4, -0.2) is 23.5 Å². The lowest BCUT2D eigenvalue weighted by Crippen LogP contribution is -2.52. The average molecular weight is 342 g/mol. The summed E-state index contributed by atoms with van der Waals surface area (Å²) in [5.41, 5.74) is 2.33. The Balaban J connectivity index is 1.90. The van der Waals surface area contributed by atoms with Crippen molar-refractivity contribution in [3.63, 3.8) is 0 Å². The van der Waals surface area contributed by atoms with E-state index in [0.717, 1.165) is 30.4 Å². The summed E-state index contributed by atoms with van der Waals surface area (Å²) in [4.78, 5) is 24.4. The number of rotatable bonds is 5. The van der Waals surface area contributed by atoms with Crippen molar-refractivity contribution in [2.24, 2.45) is 0 Å². The molecule has 0 unspecified atom stereocenters. The third kappa shape index (κ3) is 5.06. The Hall–Kier alpha value is -2.35. The number of hydrogen-bond acceptors (Lipinski definition) is 4. The smallest absolute Gasteiger partial charge is 0.311 e. The third-order valence-corrected chi connectivity index (χ3v) is 4.88. The number of nitrogens with one attached hydrogen (secondary N) is 1. The number of ether oxygens (including phenoxy) is 1. The van der Waals surface area contributed by atoms with Crippen LogP contribution in [0.1, 0.15) is 55.7 Å². The zero-order valence-electron chi connectivity index (χ0n) is 15.2. The first-order chi connectivity index (χ1) is 11.8. The number of benzene rings is 1. The first-order valence-corrected chi connectivity index (χ1v) is 8.84. The number of carbonyl (C=O) groups excluding carboxylic acids is 2. The highest BCUT2D eigenvalue weighted by Crippen LogP contribution is 2.27. The summed E-state index contributed by atoms with van der Waals surface area (Å²) in [6.45, 7) is 5.55. The predicted octanol–water partition coefficient (Wildman–Crippen LogP) is 3.12. The Morgan fingerprint density at radius 1 is 1.24 bits per heavy atom. The van der Waals surface area contributed by atoms with Crippen molar-refractivity contribution < 1.29 is 14.3 Å². The van der Waals surface area contributed by atoms with E-state index in [4.69, 9.17) is 4.74 Å². The van der Waals surface area contributed by atoms with Crippen LogP contribution in [0.5, 0.6) is 0 Å². The maximum Gasteiger partial charge on any atom is 0.311 e. The van der Waals surface area contributed by atoms with Gasteiger partial charge in [-0.25, -0.2) is 0 Å². The maximum absolute atomic E-state index is 12.3. The second-order valence-corrected chi connectivity index (χ2v) is 6.97. The van der Waals surface area contributed by atoms with Crippen molar-refractivity contribution in [1.29, 1.82) is 5.26 Å². The van der Waals surface area contributed by atoms with Crippen LogP contribution in [0.3, 0.4) is 0 Å². The molecule has 1 aromatic rings. The standard InChI is InChI=1S/C20H26N2O3/c1-14-7-8-17(11-15(14)2)12-18(23)25-16(3)19(24)22-20(13-21)9-5-4-6-10-20/h7-8,11,16H,4-6,9-10,12H2,1-3H3,(H,22,24)/t16-/m1/s1. The molecular weight excluding hydrogens is 316 g/mol. The minimum Gasteiger partial charge on any atom is -0.452 e. The van der Waals surface area contributed by atoms with Gasteiger partial charge in [0.25, 0.3) is 5.91 Å². The Morgan fingerprint density at radius 2 is 1.92 bits per heavy atom. The molecule has 0 radical (unpaired) electrons. The molecule has 1 amide bonds. The van der Waals surface area contributed by atoms with Crippen molar-refractivity contribution in [3.05, 3.63) is 34.9 Å². The Labute approximate surface area is 149 Å². The van der Waals surface area contributed by atoms with E-state index in [1.165, 1.54) is 5.56 Å². The number of esters is 1. The van der Waals surface area contributed by atoms with Crippen molar-refractivity contribution in [2.45, 2.75) is 70.9 Å². The highest BCUT2D eigenvalue weighted by molar-refractivity contribution is 5.84. The summed E-state index contributed by atoms with van der Waals surface area (Å²) in [6.07, 6.45) is 3.45. The lowest BCUT2D eigenvalue weighted by atomic mass is 9.83. The molecule has 1 N–H and O–H groups in total. The zero-order chi connectivity index (χ0) is 18.4. The lowest BCUT2D eigenvalue weighted by molar-refractivity contribution is -0.154. The monoisotopic (exact) mass is 342 g/mol.